The average Bonchev–Trinajstić information content (AvgIpc) is 3.33. The van der Waals surface area contributed by atoms with E-state index in [1.54, 1.807) is 31.0 Å². The summed E-state index contributed by atoms with van der Waals surface area (Å²) >= 11 is 6.14. The Balaban J connectivity index is 1.35. The molecule has 9 heteroatoms. The number of aryl methyl sites for hydroxylation is 1. The van der Waals surface area contributed by atoms with Gasteiger partial charge < -0.3 is 15.5 Å². The van der Waals surface area contributed by atoms with Gasteiger partial charge in [0.05, 0.1) is 16.5 Å². The van der Waals surface area contributed by atoms with E-state index in [0.29, 0.717) is 32.4 Å². The van der Waals surface area contributed by atoms with Crippen LogP contribution in [-0.2, 0) is 21.2 Å². The van der Waals surface area contributed by atoms with Crippen LogP contribution in [0.1, 0.15) is 36.0 Å². The summed E-state index contributed by atoms with van der Waals surface area (Å²) in [4.78, 5) is 18.7. The second-order valence-corrected chi connectivity index (χ2v) is 10.5. The fourth-order valence-corrected chi connectivity index (χ4v) is 5.35. The van der Waals surface area contributed by atoms with Crippen molar-refractivity contribution in [2.45, 2.75) is 37.6 Å². The van der Waals surface area contributed by atoms with E-state index in [4.69, 9.17) is 11.6 Å². The van der Waals surface area contributed by atoms with E-state index >= 15 is 0 Å². The van der Waals surface area contributed by atoms with Crippen molar-refractivity contribution >= 4 is 33.2 Å². The lowest BCUT2D eigenvalue weighted by molar-refractivity contribution is -0.130. The van der Waals surface area contributed by atoms with E-state index in [-0.39, 0.29) is 21.7 Å². The van der Waals surface area contributed by atoms with Crippen molar-refractivity contribution in [2.75, 3.05) is 32.6 Å². The maximum atomic E-state index is 12.5. The summed E-state index contributed by atoms with van der Waals surface area (Å²) in [5.41, 5.74) is 2.86. The summed E-state index contributed by atoms with van der Waals surface area (Å²) in [6.45, 7) is 4.52. The van der Waals surface area contributed by atoms with Crippen LogP contribution < -0.4 is 10.6 Å². The van der Waals surface area contributed by atoms with E-state index in [9.17, 15) is 13.2 Å². The number of benzene rings is 2. The zero-order valence-corrected chi connectivity index (χ0v) is 20.7. The highest BCUT2D eigenvalue weighted by atomic mass is 35.5. The van der Waals surface area contributed by atoms with Crippen molar-refractivity contribution in [3.63, 3.8) is 0 Å². The van der Waals surface area contributed by atoms with Crippen LogP contribution >= 0.6 is 11.6 Å². The number of nitrogens with zero attached hydrogens (tertiary/aromatic N) is 2. The molecular formula is C24H31ClN4O3S. The third-order valence-corrected chi connectivity index (χ3v) is 7.73. The number of hydrogen-bond donors (Lipinski definition) is 2. The maximum absolute atomic E-state index is 12.5. The molecule has 0 bridgehead atoms. The number of carbonyl (C=O) groups is 1. The molecule has 7 nitrogen and oxygen atoms in total. The number of amidine groups is 1. The van der Waals surface area contributed by atoms with Crippen LogP contribution in [0.2, 0.25) is 5.02 Å². The van der Waals surface area contributed by atoms with Gasteiger partial charge >= 0.3 is 0 Å². The summed E-state index contributed by atoms with van der Waals surface area (Å²) in [5, 5.41) is 6.48. The predicted octanol–water partition coefficient (Wildman–Crippen LogP) is 3.15. The Morgan fingerprint density at radius 1 is 1.18 bits per heavy atom. The van der Waals surface area contributed by atoms with E-state index in [2.05, 4.69) is 15.6 Å². The molecule has 33 heavy (non-hydrogen) atoms. The molecule has 0 unspecified atom stereocenters. The highest BCUT2D eigenvalue weighted by Crippen LogP contribution is 2.25. The quantitative estimate of drug-likeness (QED) is 0.472. The van der Waals surface area contributed by atoms with Gasteiger partial charge in [0, 0.05) is 32.1 Å². The first-order chi connectivity index (χ1) is 15.8. The Labute approximate surface area is 201 Å². The fourth-order valence-electron chi connectivity index (χ4n) is 3.58. The zero-order chi connectivity index (χ0) is 23.8. The molecule has 0 spiro atoms. The zero-order valence-electron chi connectivity index (χ0n) is 19.1. The lowest BCUT2D eigenvalue weighted by atomic mass is 10.1. The number of unbranched alkanes of at least 4 members (excludes halogenated alkanes) is 1. The molecule has 0 fully saturated rings. The summed E-state index contributed by atoms with van der Waals surface area (Å²) in [6, 6.07) is 13.1. The van der Waals surface area contributed by atoms with Gasteiger partial charge in [-0.1, -0.05) is 48.0 Å². The highest BCUT2D eigenvalue weighted by molar-refractivity contribution is 7.91. The minimum atomic E-state index is -3.50. The maximum Gasteiger partial charge on any atom is 0.222 e. The van der Waals surface area contributed by atoms with Crippen molar-refractivity contribution in [3.05, 3.63) is 64.2 Å². The summed E-state index contributed by atoms with van der Waals surface area (Å²) in [5.74, 6) is 0.816. The molecule has 1 aliphatic rings. The molecule has 1 heterocycles. The molecule has 2 N–H and O–H groups in total. The second-order valence-electron chi connectivity index (χ2n) is 8.21. The van der Waals surface area contributed by atoms with E-state index in [1.807, 2.05) is 24.3 Å². The molecule has 0 saturated heterocycles. The molecule has 2 aromatic rings. The topological polar surface area (TPSA) is 90.9 Å². The number of halogens is 1. The number of nitrogens with one attached hydrogen (secondary N) is 2. The van der Waals surface area contributed by atoms with Gasteiger partial charge in [-0.2, -0.15) is 0 Å². The molecular weight excluding hydrogens is 460 g/mol. The number of aliphatic imine (C=N–C) groups is 1. The third-order valence-electron chi connectivity index (χ3n) is 5.52. The first kappa shape index (κ1) is 25.2. The van der Waals surface area contributed by atoms with Crippen LogP contribution in [0.15, 0.2) is 52.4 Å². The molecule has 1 amide bonds. The Morgan fingerprint density at radius 3 is 2.64 bits per heavy atom. The molecule has 3 rings (SSSR count). The van der Waals surface area contributed by atoms with Crippen LogP contribution in [0.25, 0.3) is 0 Å². The van der Waals surface area contributed by atoms with Crippen molar-refractivity contribution < 1.29 is 13.2 Å². The molecule has 2 aromatic carbocycles. The fraction of sp³-hybridized carbons (Fsp3) is 0.417. The van der Waals surface area contributed by atoms with Gasteiger partial charge in [-0.15, -0.1) is 0 Å². The van der Waals surface area contributed by atoms with Crippen LogP contribution in [0, 0.1) is 6.92 Å². The van der Waals surface area contributed by atoms with Crippen molar-refractivity contribution in [1.29, 1.82) is 0 Å². The van der Waals surface area contributed by atoms with Crippen molar-refractivity contribution in [2.24, 2.45) is 4.99 Å². The van der Waals surface area contributed by atoms with Gasteiger partial charge in [-0.05, 0) is 43.5 Å². The predicted molar refractivity (Wildman–Crippen MR) is 132 cm³/mol. The number of amides is 1. The van der Waals surface area contributed by atoms with E-state index in [0.717, 1.165) is 35.6 Å². The second kappa shape index (κ2) is 11.6. The van der Waals surface area contributed by atoms with Crippen LogP contribution in [0.3, 0.4) is 0 Å². The van der Waals surface area contributed by atoms with Crippen LogP contribution in [0.4, 0.5) is 0 Å². The molecule has 0 aliphatic carbocycles. The Kier molecular flexibility index (Phi) is 8.88. The molecule has 178 valence electrons. The normalized spacial score (nSPS) is 13.5. The summed E-state index contributed by atoms with van der Waals surface area (Å²) in [7, 11) is -1.70. The lowest BCUT2D eigenvalue weighted by Gasteiger charge is -2.17. The van der Waals surface area contributed by atoms with Gasteiger partial charge in [0.1, 0.15) is 11.7 Å². The molecule has 0 saturated carbocycles. The number of rotatable bonds is 11. The van der Waals surface area contributed by atoms with E-state index < -0.39 is 9.84 Å². The lowest BCUT2D eigenvalue weighted by Crippen LogP contribution is -2.27. The summed E-state index contributed by atoms with van der Waals surface area (Å²) < 4.78 is 25.0. The van der Waals surface area contributed by atoms with Gasteiger partial charge in [-0.25, -0.2) is 8.42 Å². The van der Waals surface area contributed by atoms with Gasteiger partial charge in [0.2, 0.25) is 5.91 Å². The largest absolute Gasteiger partial charge is 0.368 e. The van der Waals surface area contributed by atoms with Crippen molar-refractivity contribution in [1.82, 2.24) is 15.5 Å². The molecule has 1 aliphatic heterocycles. The monoisotopic (exact) mass is 490 g/mol. The number of sulfone groups is 1. The van der Waals surface area contributed by atoms with Crippen molar-refractivity contribution in [3.8, 4) is 0 Å². The minimum Gasteiger partial charge on any atom is -0.368 e. The average molecular weight is 491 g/mol. The van der Waals surface area contributed by atoms with Crippen LogP contribution in [-0.4, -0.2) is 57.6 Å². The smallest absolute Gasteiger partial charge is 0.222 e. The van der Waals surface area contributed by atoms with Gasteiger partial charge in [-0.3, -0.25) is 9.79 Å². The SMILES string of the molecule is Cc1cccc(S(=O)(=O)CNCCCCC(=O)N(C)Cc2ccc(C3=NCCN3)cc2)c1Cl. The first-order valence-corrected chi connectivity index (χ1v) is 13.1. The minimum absolute atomic E-state index is 0.0695. The first-order valence-electron chi connectivity index (χ1n) is 11.1. The number of carbonyl (C=O) groups excluding carboxylic acids is 1. The standard InChI is InChI=1S/C24H31ClN4O3S/c1-18-6-5-7-21(23(18)25)33(31,32)17-26-13-4-3-8-22(30)29(2)16-19-9-11-20(12-10-19)24-27-14-15-28-24/h5-7,9-12,26H,3-4,8,13-17H2,1-2H3,(H,27,28). The molecule has 0 aromatic heterocycles. The van der Waals surface area contributed by atoms with Gasteiger partial charge in [0.15, 0.2) is 9.84 Å². The third kappa shape index (κ3) is 7.03. The molecule has 0 radical (unpaired) electrons. The van der Waals surface area contributed by atoms with E-state index in [1.165, 1.54) is 6.07 Å². The highest BCUT2D eigenvalue weighted by Gasteiger charge is 2.18. The Hall–Kier alpha value is -2.42. The van der Waals surface area contributed by atoms with Gasteiger partial charge in [0.25, 0.3) is 0 Å². The van der Waals surface area contributed by atoms with Crippen LogP contribution in [0.5, 0.6) is 0 Å². The number of hydrogen-bond acceptors (Lipinski definition) is 6. The summed E-state index contributed by atoms with van der Waals surface area (Å²) in [6.07, 6.45) is 1.82. The Bertz CT molecular complexity index is 1100. The molecule has 0 atom stereocenters. The Morgan fingerprint density at radius 2 is 1.94 bits per heavy atom.